The monoisotopic (exact) mass is 205 g/mol. The molecule has 1 aromatic heterocycles. The first-order valence-electron chi connectivity index (χ1n) is 5.12. The summed E-state index contributed by atoms with van der Waals surface area (Å²) in [4.78, 5) is 7.86. The van der Waals surface area contributed by atoms with E-state index in [0.29, 0.717) is 18.2 Å². The Hall–Kier alpha value is -1.63. The molecule has 1 atom stereocenters. The zero-order valence-electron chi connectivity index (χ0n) is 9.10. The molecule has 0 saturated heterocycles. The molecule has 1 heterocycles. The summed E-state index contributed by atoms with van der Waals surface area (Å²) in [6.07, 6.45) is 3.80. The van der Waals surface area contributed by atoms with Crippen molar-refractivity contribution >= 4 is 0 Å². The number of rotatable bonds is 5. The van der Waals surface area contributed by atoms with Gasteiger partial charge in [0.05, 0.1) is 6.61 Å². The molecule has 0 N–H and O–H groups in total. The second-order valence-electron chi connectivity index (χ2n) is 3.54. The summed E-state index contributed by atoms with van der Waals surface area (Å²) in [5.74, 6) is 0.490. The number of hydrogen-bond donors (Lipinski definition) is 0. The van der Waals surface area contributed by atoms with Gasteiger partial charge < -0.3 is 4.74 Å². The van der Waals surface area contributed by atoms with Crippen LogP contribution in [0.1, 0.15) is 32.4 Å². The Bertz CT molecular complexity index is 346. The van der Waals surface area contributed by atoms with Crippen LogP contribution in [0, 0.1) is 17.2 Å². The summed E-state index contributed by atoms with van der Waals surface area (Å²) in [6.45, 7) is 4.86. The van der Waals surface area contributed by atoms with Crippen molar-refractivity contribution in [1.29, 1.82) is 5.26 Å². The van der Waals surface area contributed by atoms with Gasteiger partial charge in [0.1, 0.15) is 11.8 Å². The van der Waals surface area contributed by atoms with Gasteiger partial charge in [0, 0.05) is 6.20 Å². The van der Waals surface area contributed by atoms with Gasteiger partial charge in [0.2, 0.25) is 0 Å². The molecule has 1 aromatic rings. The van der Waals surface area contributed by atoms with Gasteiger partial charge in [0.15, 0.2) is 0 Å². The molecule has 0 spiro atoms. The van der Waals surface area contributed by atoms with Gasteiger partial charge in [-0.15, -0.1) is 0 Å². The lowest BCUT2D eigenvalue weighted by molar-refractivity contribution is 0.233. The minimum absolute atomic E-state index is 0.289. The Balaban J connectivity index is 2.47. The Morgan fingerprint density at radius 1 is 1.60 bits per heavy atom. The molecule has 4 nitrogen and oxygen atoms in total. The lowest BCUT2D eigenvalue weighted by Gasteiger charge is -2.10. The van der Waals surface area contributed by atoms with E-state index in [1.165, 1.54) is 6.20 Å². The molecule has 15 heavy (non-hydrogen) atoms. The molecule has 0 aliphatic rings. The standard InChI is InChI=1S/C11H15N3O/c1-3-4-9(2)8-15-11-13-6-5-10(7-12)14-11/h5-6,9H,3-4,8H2,1-2H3. The van der Waals surface area contributed by atoms with Crippen molar-refractivity contribution in [2.75, 3.05) is 6.61 Å². The zero-order chi connectivity index (χ0) is 11.1. The maximum atomic E-state index is 8.63. The summed E-state index contributed by atoms with van der Waals surface area (Å²) in [6, 6.07) is 3.80. The largest absolute Gasteiger partial charge is 0.463 e. The lowest BCUT2D eigenvalue weighted by Crippen LogP contribution is -2.10. The van der Waals surface area contributed by atoms with Crippen LogP contribution >= 0.6 is 0 Å². The fraction of sp³-hybridized carbons (Fsp3) is 0.545. The molecule has 80 valence electrons. The summed E-state index contributed by atoms with van der Waals surface area (Å²) < 4.78 is 5.39. The number of nitriles is 1. The van der Waals surface area contributed by atoms with Crippen LogP contribution in [0.5, 0.6) is 6.01 Å². The van der Waals surface area contributed by atoms with Crippen LogP contribution in [0.2, 0.25) is 0 Å². The summed E-state index contributed by atoms with van der Waals surface area (Å²) >= 11 is 0. The molecule has 0 aromatic carbocycles. The van der Waals surface area contributed by atoms with E-state index in [4.69, 9.17) is 10.00 Å². The minimum Gasteiger partial charge on any atom is -0.463 e. The molecular weight excluding hydrogens is 190 g/mol. The minimum atomic E-state index is 0.289. The number of ether oxygens (including phenoxy) is 1. The third kappa shape index (κ3) is 3.94. The number of hydrogen-bond acceptors (Lipinski definition) is 4. The predicted octanol–water partition coefficient (Wildman–Crippen LogP) is 2.16. The summed E-state index contributed by atoms with van der Waals surface area (Å²) in [7, 11) is 0. The highest BCUT2D eigenvalue weighted by Crippen LogP contribution is 2.08. The molecule has 4 heteroatoms. The van der Waals surface area contributed by atoms with Crippen LogP contribution in [-0.4, -0.2) is 16.6 Å². The Labute approximate surface area is 89.9 Å². The van der Waals surface area contributed by atoms with Crippen molar-refractivity contribution in [3.63, 3.8) is 0 Å². The molecular formula is C11H15N3O. The third-order valence-electron chi connectivity index (χ3n) is 2.03. The molecule has 0 fully saturated rings. The maximum absolute atomic E-state index is 8.63. The second kappa shape index (κ2) is 5.97. The van der Waals surface area contributed by atoms with Crippen LogP contribution in [0.4, 0.5) is 0 Å². The highest BCUT2D eigenvalue weighted by molar-refractivity contribution is 5.19. The van der Waals surface area contributed by atoms with Crippen molar-refractivity contribution in [1.82, 2.24) is 9.97 Å². The van der Waals surface area contributed by atoms with Gasteiger partial charge >= 0.3 is 6.01 Å². The number of nitrogens with zero attached hydrogens (tertiary/aromatic N) is 3. The fourth-order valence-electron chi connectivity index (χ4n) is 1.27. The van der Waals surface area contributed by atoms with E-state index in [9.17, 15) is 0 Å². The first-order valence-corrected chi connectivity index (χ1v) is 5.12. The van der Waals surface area contributed by atoms with Crippen molar-refractivity contribution in [2.45, 2.75) is 26.7 Å². The summed E-state index contributed by atoms with van der Waals surface area (Å²) in [5.41, 5.74) is 0.336. The van der Waals surface area contributed by atoms with Crippen LogP contribution in [-0.2, 0) is 0 Å². The van der Waals surface area contributed by atoms with Crippen molar-refractivity contribution in [3.05, 3.63) is 18.0 Å². The van der Waals surface area contributed by atoms with E-state index in [-0.39, 0.29) is 6.01 Å². The van der Waals surface area contributed by atoms with Gasteiger partial charge in [0.25, 0.3) is 0 Å². The molecule has 0 aliphatic carbocycles. The van der Waals surface area contributed by atoms with Gasteiger partial charge in [-0.2, -0.15) is 10.2 Å². The molecule has 1 rings (SSSR count). The molecule has 0 aliphatic heterocycles. The van der Waals surface area contributed by atoms with Gasteiger partial charge in [-0.3, -0.25) is 0 Å². The molecule has 0 saturated carbocycles. The number of aromatic nitrogens is 2. The normalized spacial score (nSPS) is 11.8. The zero-order valence-corrected chi connectivity index (χ0v) is 9.10. The first-order chi connectivity index (χ1) is 7.26. The highest BCUT2D eigenvalue weighted by Gasteiger charge is 2.04. The first kappa shape index (κ1) is 11.4. The SMILES string of the molecule is CCCC(C)COc1nccc(C#N)n1. The van der Waals surface area contributed by atoms with Gasteiger partial charge in [-0.25, -0.2) is 4.98 Å². The Morgan fingerprint density at radius 2 is 2.40 bits per heavy atom. The van der Waals surface area contributed by atoms with Crippen molar-refractivity contribution in [2.24, 2.45) is 5.92 Å². The molecule has 0 bridgehead atoms. The van der Waals surface area contributed by atoms with E-state index in [0.717, 1.165) is 12.8 Å². The van der Waals surface area contributed by atoms with E-state index in [1.807, 2.05) is 6.07 Å². The van der Waals surface area contributed by atoms with Gasteiger partial charge in [-0.1, -0.05) is 20.3 Å². The van der Waals surface area contributed by atoms with E-state index < -0.39 is 0 Å². The van der Waals surface area contributed by atoms with Crippen molar-refractivity contribution < 1.29 is 4.74 Å². The average molecular weight is 205 g/mol. The Kier molecular flexibility index (Phi) is 4.55. The third-order valence-corrected chi connectivity index (χ3v) is 2.03. The van der Waals surface area contributed by atoms with Crippen molar-refractivity contribution in [3.8, 4) is 12.1 Å². The topological polar surface area (TPSA) is 58.8 Å². The molecule has 0 radical (unpaired) electrons. The second-order valence-corrected chi connectivity index (χ2v) is 3.54. The van der Waals surface area contributed by atoms with E-state index in [1.54, 1.807) is 6.07 Å². The van der Waals surface area contributed by atoms with Crippen LogP contribution < -0.4 is 4.74 Å². The van der Waals surface area contributed by atoms with Crippen LogP contribution in [0.15, 0.2) is 12.3 Å². The summed E-state index contributed by atoms with van der Waals surface area (Å²) in [5, 5.41) is 8.63. The predicted molar refractivity (Wildman–Crippen MR) is 56.3 cm³/mol. The smallest absolute Gasteiger partial charge is 0.317 e. The highest BCUT2D eigenvalue weighted by atomic mass is 16.5. The van der Waals surface area contributed by atoms with Crippen LogP contribution in [0.25, 0.3) is 0 Å². The van der Waals surface area contributed by atoms with Gasteiger partial charge in [-0.05, 0) is 18.4 Å². The Morgan fingerprint density at radius 3 is 3.07 bits per heavy atom. The van der Waals surface area contributed by atoms with Crippen LogP contribution in [0.3, 0.4) is 0 Å². The maximum Gasteiger partial charge on any atom is 0.317 e. The molecule has 0 amide bonds. The quantitative estimate of drug-likeness (QED) is 0.739. The average Bonchev–Trinajstić information content (AvgIpc) is 2.27. The molecule has 1 unspecified atom stereocenters. The van der Waals surface area contributed by atoms with E-state index in [2.05, 4.69) is 23.8 Å². The fourth-order valence-corrected chi connectivity index (χ4v) is 1.27. The van der Waals surface area contributed by atoms with E-state index >= 15 is 0 Å². The lowest BCUT2D eigenvalue weighted by atomic mass is 10.1.